The summed E-state index contributed by atoms with van der Waals surface area (Å²) in [6, 6.07) is 6.15. The van der Waals surface area contributed by atoms with E-state index in [9.17, 15) is 9.18 Å². The Morgan fingerprint density at radius 2 is 1.55 bits per heavy atom. The van der Waals surface area contributed by atoms with Gasteiger partial charge in [0.15, 0.2) is 0 Å². The minimum atomic E-state index is -0.376. The van der Waals surface area contributed by atoms with Gasteiger partial charge >= 0.3 is 0 Å². The van der Waals surface area contributed by atoms with E-state index in [-0.39, 0.29) is 22.8 Å². The summed E-state index contributed by atoms with van der Waals surface area (Å²) >= 11 is 0. The lowest BCUT2D eigenvalue weighted by Crippen LogP contribution is -2.46. The van der Waals surface area contributed by atoms with E-state index in [2.05, 4.69) is 0 Å². The predicted octanol–water partition coefficient (Wildman–Crippen LogP) is 4.05. The van der Waals surface area contributed by atoms with Crippen molar-refractivity contribution in [1.82, 2.24) is 4.90 Å². The highest BCUT2D eigenvalue weighted by molar-refractivity contribution is 6.36. The van der Waals surface area contributed by atoms with Crippen LogP contribution in [0.3, 0.4) is 0 Å². The third-order valence-electron chi connectivity index (χ3n) is 3.21. The molecule has 0 atom stereocenters. The van der Waals surface area contributed by atoms with Crippen molar-refractivity contribution in [2.75, 3.05) is 0 Å². The first-order chi connectivity index (χ1) is 9.99. The van der Waals surface area contributed by atoms with Crippen molar-refractivity contribution < 1.29 is 9.18 Å². The molecule has 2 rings (SSSR count). The highest BCUT2D eigenvalue weighted by Crippen LogP contribution is 2.31. The number of benzene rings is 1. The molecule has 0 aromatic heterocycles. The van der Waals surface area contributed by atoms with Crippen LogP contribution < -0.4 is 0 Å². The minimum absolute atomic E-state index is 0.0881. The van der Waals surface area contributed by atoms with Crippen LogP contribution in [0, 0.1) is 5.82 Å². The summed E-state index contributed by atoms with van der Waals surface area (Å²) in [5.41, 5.74) is 0.849. The highest BCUT2D eigenvalue weighted by atomic mass is 19.1. The van der Waals surface area contributed by atoms with Gasteiger partial charge in [-0.25, -0.2) is 4.39 Å². The molecule has 1 aliphatic rings. The number of aliphatic imine (C=N–C) groups is 1. The lowest BCUT2D eigenvalue weighted by Gasteiger charge is -2.34. The van der Waals surface area contributed by atoms with E-state index in [4.69, 9.17) is 4.99 Å². The highest BCUT2D eigenvalue weighted by Gasteiger charge is 2.38. The largest absolute Gasteiger partial charge is 0.288 e. The maximum absolute atomic E-state index is 13.2. The fraction of sp³-hybridized carbons (Fsp3) is 0.444. The molecule has 0 fully saturated rings. The summed E-state index contributed by atoms with van der Waals surface area (Å²) in [4.78, 5) is 18.9. The van der Waals surface area contributed by atoms with Gasteiger partial charge in [-0.1, -0.05) is 12.1 Å². The zero-order chi connectivity index (χ0) is 16.7. The molecule has 0 spiro atoms. The number of hydrogen-bond donors (Lipinski definition) is 0. The van der Waals surface area contributed by atoms with Gasteiger partial charge in [0.1, 0.15) is 11.7 Å². The Bertz CT molecular complexity index is 643. The van der Waals surface area contributed by atoms with E-state index in [1.807, 2.05) is 41.5 Å². The van der Waals surface area contributed by atoms with Gasteiger partial charge in [-0.15, -0.1) is 0 Å². The maximum Gasteiger partial charge on any atom is 0.253 e. The first kappa shape index (κ1) is 16.4. The molecule has 0 radical (unpaired) electrons. The number of carbonyl (C=O) groups is 1. The van der Waals surface area contributed by atoms with Crippen molar-refractivity contribution in [3.05, 3.63) is 41.7 Å². The molecule has 1 amide bonds. The molecule has 1 aliphatic heterocycles. The van der Waals surface area contributed by atoms with E-state index in [0.29, 0.717) is 5.84 Å². The van der Waals surface area contributed by atoms with Gasteiger partial charge in [0.2, 0.25) is 0 Å². The molecule has 3 nitrogen and oxygen atoms in total. The van der Waals surface area contributed by atoms with Crippen molar-refractivity contribution in [1.29, 1.82) is 0 Å². The van der Waals surface area contributed by atoms with Crippen LogP contribution in [0.5, 0.6) is 0 Å². The summed E-state index contributed by atoms with van der Waals surface area (Å²) in [6.45, 7) is 11.9. The van der Waals surface area contributed by atoms with Crippen molar-refractivity contribution in [2.24, 2.45) is 4.99 Å². The van der Waals surface area contributed by atoms with Crippen LogP contribution in [-0.2, 0) is 4.79 Å². The van der Waals surface area contributed by atoms with E-state index < -0.39 is 0 Å². The van der Waals surface area contributed by atoms with Crippen LogP contribution in [0.1, 0.15) is 47.1 Å². The number of rotatable bonds is 1. The Balaban J connectivity index is 2.57. The van der Waals surface area contributed by atoms with Gasteiger partial charge in [-0.05, 0) is 59.2 Å². The number of hydrogen-bond acceptors (Lipinski definition) is 2. The van der Waals surface area contributed by atoms with Crippen LogP contribution in [0.4, 0.5) is 4.39 Å². The zero-order valence-electron chi connectivity index (χ0n) is 14.1. The smallest absolute Gasteiger partial charge is 0.253 e. The molecule has 1 aromatic rings. The molecule has 4 heteroatoms. The average molecular weight is 302 g/mol. The van der Waals surface area contributed by atoms with Crippen molar-refractivity contribution in [2.45, 2.75) is 52.6 Å². The molecule has 0 N–H and O–H groups in total. The van der Waals surface area contributed by atoms with Gasteiger partial charge in [-0.3, -0.25) is 14.7 Å². The van der Waals surface area contributed by atoms with Crippen molar-refractivity contribution >= 4 is 17.3 Å². The standard InChI is InChI=1S/C18H23FN2O/c1-17(2,3)20-16-14(12-7-9-13(19)10-8-12)11-15(22)21(16)18(4,5)6/h7-11H,1-6H3. The Kier molecular flexibility index (Phi) is 3.98. The number of halogens is 1. The molecule has 1 heterocycles. The van der Waals surface area contributed by atoms with E-state index >= 15 is 0 Å². The lowest BCUT2D eigenvalue weighted by molar-refractivity contribution is -0.124. The van der Waals surface area contributed by atoms with Gasteiger partial charge in [0, 0.05) is 17.2 Å². The number of carbonyl (C=O) groups excluding carboxylic acids is 1. The van der Waals surface area contributed by atoms with Crippen LogP contribution in [0.2, 0.25) is 0 Å². The molecule has 0 saturated heterocycles. The van der Waals surface area contributed by atoms with E-state index in [1.54, 1.807) is 23.1 Å². The quantitative estimate of drug-likeness (QED) is 0.770. The van der Waals surface area contributed by atoms with Gasteiger partial charge in [0.25, 0.3) is 5.91 Å². The number of amides is 1. The molecular weight excluding hydrogens is 279 g/mol. The molecule has 0 bridgehead atoms. The Hall–Kier alpha value is -1.97. The minimum Gasteiger partial charge on any atom is -0.288 e. The van der Waals surface area contributed by atoms with Gasteiger partial charge in [-0.2, -0.15) is 0 Å². The summed E-state index contributed by atoms with van der Waals surface area (Å²) in [5.74, 6) is 0.266. The molecule has 0 aliphatic carbocycles. The monoisotopic (exact) mass is 302 g/mol. The SMILES string of the molecule is CC(C)(C)N=C1C(c2ccc(F)cc2)=CC(=O)N1C(C)(C)C. The van der Waals surface area contributed by atoms with Crippen molar-refractivity contribution in [3.63, 3.8) is 0 Å². The van der Waals surface area contributed by atoms with Gasteiger partial charge in [0.05, 0.1) is 5.54 Å². The number of nitrogens with zero attached hydrogens (tertiary/aromatic N) is 2. The molecular formula is C18H23FN2O. The van der Waals surface area contributed by atoms with Crippen LogP contribution in [0.15, 0.2) is 35.3 Å². The summed E-state index contributed by atoms with van der Waals surface area (Å²) in [6.07, 6.45) is 1.59. The summed E-state index contributed by atoms with van der Waals surface area (Å²) in [7, 11) is 0. The second-order valence-corrected chi connectivity index (χ2v) is 7.52. The second-order valence-electron chi connectivity index (χ2n) is 7.52. The molecule has 22 heavy (non-hydrogen) atoms. The first-order valence-electron chi connectivity index (χ1n) is 7.41. The third-order valence-corrected chi connectivity index (χ3v) is 3.21. The van der Waals surface area contributed by atoms with Crippen LogP contribution >= 0.6 is 0 Å². The summed E-state index contributed by atoms with van der Waals surface area (Å²) < 4.78 is 13.2. The van der Waals surface area contributed by atoms with Crippen LogP contribution in [-0.4, -0.2) is 27.7 Å². The molecule has 118 valence electrons. The van der Waals surface area contributed by atoms with Crippen LogP contribution in [0.25, 0.3) is 5.57 Å². The summed E-state index contributed by atoms with van der Waals surface area (Å²) in [5, 5.41) is 0. The normalized spacial score (nSPS) is 18.1. The van der Waals surface area contributed by atoms with Crippen molar-refractivity contribution in [3.8, 4) is 0 Å². The molecule has 0 saturated carbocycles. The fourth-order valence-electron chi connectivity index (χ4n) is 2.40. The number of amidine groups is 1. The molecule has 1 aromatic carbocycles. The zero-order valence-corrected chi connectivity index (χ0v) is 14.1. The van der Waals surface area contributed by atoms with E-state index in [1.165, 1.54) is 12.1 Å². The second kappa shape index (κ2) is 5.34. The fourth-order valence-corrected chi connectivity index (χ4v) is 2.40. The topological polar surface area (TPSA) is 32.7 Å². The van der Waals surface area contributed by atoms with Gasteiger partial charge < -0.3 is 0 Å². The maximum atomic E-state index is 13.2. The lowest BCUT2D eigenvalue weighted by atomic mass is 10.0. The van der Waals surface area contributed by atoms with E-state index in [0.717, 1.165) is 11.1 Å². The third kappa shape index (κ3) is 3.43. The molecule has 0 unspecified atom stereocenters. The average Bonchev–Trinajstić information content (AvgIpc) is 2.64. The predicted molar refractivity (Wildman–Crippen MR) is 88.2 cm³/mol. The Labute approximate surface area is 131 Å². The Morgan fingerprint density at radius 1 is 1.00 bits per heavy atom. The first-order valence-corrected chi connectivity index (χ1v) is 7.41. The Morgan fingerprint density at radius 3 is 2.00 bits per heavy atom.